The van der Waals surface area contributed by atoms with E-state index in [1.54, 1.807) is 0 Å². The second-order valence-corrected chi connectivity index (χ2v) is 14.5. The van der Waals surface area contributed by atoms with Crippen LogP contribution in [0.15, 0.2) is 91.0 Å². The van der Waals surface area contributed by atoms with Crippen molar-refractivity contribution in [2.45, 2.75) is 18.9 Å². The summed E-state index contributed by atoms with van der Waals surface area (Å²) < 4.78 is 0. The summed E-state index contributed by atoms with van der Waals surface area (Å²) in [6, 6.07) is 33.2. The molecule has 0 bridgehead atoms. The molecule has 3 heteroatoms. The van der Waals surface area contributed by atoms with E-state index >= 15 is 0 Å². The molecule has 0 saturated heterocycles. The molecule has 1 N–H and O–H groups in total. The van der Waals surface area contributed by atoms with E-state index in [0.717, 1.165) is 0 Å². The van der Waals surface area contributed by atoms with Crippen LogP contribution in [0.4, 0.5) is 0 Å². The number of rotatable bonds is 5. The molecule has 0 radical (unpaired) electrons. The van der Waals surface area contributed by atoms with Gasteiger partial charge in [-0.3, -0.25) is 0 Å². The van der Waals surface area contributed by atoms with E-state index in [9.17, 15) is 0 Å². The Balaban J connectivity index is 2.07. The Morgan fingerprint density at radius 3 is 1.25 bits per heavy atom. The van der Waals surface area contributed by atoms with Crippen molar-refractivity contribution in [2.75, 3.05) is 0 Å². The van der Waals surface area contributed by atoms with Crippen molar-refractivity contribution in [2.24, 2.45) is 0 Å². The topological polar surface area (TPSA) is 12.0 Å². The molecule has 0 atom stereocenters. The third-order valence-electron chi connectivity index (χ3n) is 4.73. The van der Waals surface area contributed by atoms with Gasteiger partial charge >= 0.3 is 152 Å². The van der Waals surface area contributed by atoms with Gasteiger partial charge in [0.1, 0.15) is 0 Å². The summed E-state index contributed by atoms with van der Waals surface area (Å²) in [4.78, 5) is 0. The van der Waals surface area contributed by atoms with E-state index in [1.165, 1.54) is 28.8 Å². The molecule has 24 heavy (non-hydrogen) atoms. The molecular formula is C21H21BrNP. The van der Waals surface area contributed by atoms with Gasteiger partial charge in [-0.15, -0.1) is 0 Å². The summed E-state index contributed by atoms with van der Waals surface area (Å²) in [5, 5.41) is 8.06. The van der Waals surface area contributed by atoms with Crippen LogP contribution in [0, 0.1) is 0 Å². The van der Waals surface area contributed by atoms with Crippen LogP contribution in [-0.4, -0.2) is 6.04 Å². The number of nitrogens with one attached hydrogen (secondary N) is 1. The van der Waals surface area contributed by atoms with Gasteiger partial charge in [0.15, 0.2) is 0 Å². The van der Waals surface area contributed by atoms with E-state index in [1.807, 2.05) is 0 Å². The van der Waals surface area contributed by atoms with E-state index in [-0.39, 0.29) is 0 Å². The molecule has 1 saturated carbocycles. The Morgan fingerprint density at radius 1 is 0.625 bits per heavy atom. The third kappa shape index (κ3) is 2.54. The van der Waals surface area contributed by atoms with E-state index < -0.39 is 5.46 Å². The summed E-state index contributed by atoms with van der Waals surface area (Å²) in [6.07, 6.45) is 2.49. The van der Waals surface area contributed by atoms with E-state index in [4.69, 9.17) is 0 Å². The molecule has 4 rings (SSSR count). The second kappa shape index (κ2) is 6.11. The molecule has 0 amide bonds. The van der Waals surface area contributed by atoms with Crippen molar-refractivity contribution < 1.29 is 0 Å². The Hall–Kier alpha value is -1.47. The molecule has 1 fully saturated rings. The summed E-state index contributed by atoms with van der Waals surface area (Å²) in [6.45, 7) is 0. The molecular weight excluding hydrogens is 377 g/mol. The summed E-state index contributed by atoms with van der Waals surface area (Å²) >= 11 is 4.38. The first-order valence-electron chi connectivity index (χ1n) is 8.40. The monoisotopic (exact) mass is 397 g/mol. The normalized spacial score (nSPS) is 16.3. The Bertz CT molecular complexity index is 717. The molecule has 0 aliphatic heterocycles. The van der Waals surface area contributed by atoms with Crippen LogP contribution >= 0.6 is 20.9 Å². The molecule has 0 aromatic heterocycles. The van der Waals surface area contributed by atoms with Crippen molar-refractivity contribution in [3.8, 4) is 0 Å². The molecule has 1 aliphatic carbocycles. The predicted octanol–water partition coefficient (Wildman–Crippen LogP) is 4.49. The van der Waals surface area contributed by atoms with Crippen molar-refractivity contribution in [1.82, 2.24) is 5.09 Å². The maximum atomic E-state index is 4.38. The summed E-state index contributed by atoms with van der Waals surface area (Å²) in [5.74, 6) is 0. The van der Waals surface area contributed by atoms with Crippen LogP contribution in [0.25, 0.3) is 0 Å². The van der Waals surface area contributed by atoms with Crippen LogP contribution in [-0.2, 0) is 0 Å². The first-order chi connectivity index (χ1) is 11.7. The van der Waals surface area contributed by atoms with E-state index in [2.05, 4.69) is 112 Å². The molecule has 122 valence electrons. The van der Waals surface area contributed by atoms with Gasteiger partial charge in [-0.25, -0.2) is 0 Å². The van der Waals surface area contributed by atoms with Crippen LogP contribution in [0.3, 0.4) is 0 Å². The van der Waals surface area contributed by atoms with Crippen molar-refractivity contribution in [3.63, 3.8) is 0 Å². The van der Waals surface area contributed by atoms with Gasteiger partial charge in [0.25, 0.3) is 0 Å². The zero-order chi connectivity index (χ0) is 16.5. The third-order valence-corrected chi connectivity index (χ3v) is 13.7. The van der Waals surface area contributed by atoms with Gasteiger partial charge in [-0.1, -0.05) is 0 Å². The summed E-state index contributed by atoms with van der Waals surface area (Å²) in [5.41, 5.74) is -2.87. The van der Waals surface area contributed by atoms with Crippen molar-refractivity contribution in [3.05, 3.63) is 91.0 Å². The zero-order valence-corrected chi connectivity index (χ0v) is 16.0. The predicted molar refractivity (Wildman–Crippen MR) is 110 cm³/mol. The van der Waals surface area contributed by atoms with Gasteiger partial charge in [-0.05, 0) is 0 Å². The summed E-state index contributed by atoms with van der Waals surface area (Å²) in [7, 11) is 0. The van der Waals surface area contributed by atoms with Gasteiger partial charge in [0, 0.05) is 0 Å². The SMILES string of the molecule is BrP(NC1CC1)(c1ccccc1)(c1ccccc1)c1ccccc1. The van der Waals surface area contributed by atoms with Crippen LogP contribution in [0.1, 0.15) is 12.8 Å². The standard InChI is InChI=1S/C21H21BrNP/c22-24(23-18-16-17-18,19-10-4-1-5-11-19,20-12-6-2-7-13-20)21-14-8-3-9-15-21/h1-15,18,23H,16-17H2. The fraction of sp³-hybridized carbons (Fsp3) is 0.143. The maximum absolute atomic E-state index is 4.38. The Labute approximate surface area is 151 Å². The Kier molecular flexibility index (Phi) is 4.08. The Morgan fingerprint density at radius 2 is 0.958 bits per heavy atom. The van der Waals surface area contributed by atoms with E-state index in [0.29, 0.717) is 6.04 Å². The second-order valence-electron chi connectivity index (χ2n) is 6.42. The molecule has 1 nitrogen and oxygen atoms in total. The average Bonchev–Trinajstić information content (AvgIpc) is 3.48. The minimum absolute atomic E-state index is 0.572. The van der Waals surface area contributed by atoms with Gasteiger partial charge in [-0.2, -0.15) is 0 Å². The van der Waals surface area contributed by atoms with Crippen molar-refractivity contribution in [1.29, 1.82) is 0 Å². The molecule has 0 spiro atoms. The number of benzene rings is 3. The first kappa shape index (κ1) is 16.0. The fourth-order valence-corrected chi connectivity index (χ4v) is 10.8. The van der Waals surface area contributed by atoms with Gasteiger partial charge in [0.05, 0.1) is 0 Å². The van der Waals surface area contributed by atoms with Crippen LogP contribution < -0.4 is 21.0 Å². The van der Waals surface area contributed by atoms with Crippen molar-refractivity contribution >= 4 is 36.9 Å². The molecule has 0 heterocycles. The first-order valence-corrected chi connectivity index (χ1v) is 12.7. The molecule has 1 aliphatic rings. The average molecular weight is 398 g/mol. The quantitative estimate of drug-likeness (QED) is 0.625. The van der Waals surface area contributed by atoms with Crippen LogP contribution in [0.5, 0.6) is 0 Å². The molecule has 3 aromatic rings. The molecule has 3 aromatic carbocycles. The van der Waals surface area contributed by atoms with Crippen LogP contribution in [0.2, 0.25) is 0 Å². The number of hydrogen-bond acceptors (Lipinski definition) is 1. The zero-order valence-electron chi connectivity index (χ0n) is 13.5. The number of hydrogen-bond donors (Lipinski definition) is 1. The number of halogens is 1. The minimum atomic E-state index is -2.87. The van der Waals surface area contributed by atoms with Gasteiger partial charge in [0.2, 0.25) is 0 Å². The van der Waals surface area contributed by atoms with Gasteiger partial charge < -0.3 is 0 Å². The molecule has 0 unspecified atom stereocenters. The fourth-order valence-electron chi connectivity index (χ4n) is 3.35.